The molecule has 0 N–H and O–H groups in total. The molecule has 0 aromatic rings. The first-order valence-corrected chi connectivity index (χ1v) is 4.58. The third kappa shape index (κ3) is 2.07. The molecule has 2 rings (SSSR count). The van der Waals surface area contributed by atoms with Crippen LogP contribution in [0.1, 0.15) is 33.1 Å². The summed E-state index contributed by atoms with van der Waals surface area (Å²) in [5.41, 5.74) is 0. The van der Waals surface area contributed by atoms with Gasteiger partial charge in [-0.3, -0.25) is 4.79 Å². The lowest BCUT2D eigenvalue weighted by atomic mass is 9.95. The van der Waals surface area contributed by atoms with Crippen molar-refractivity contribution < 1.29 is 4.79 Å². The first-order valence-electron chi connectivity index (χ1n) is 4.58. The molecule has 70 valence electrons. The van der Waals surface area contributed by atoms with Gasteiger partial charge in [0.15, 0.2) is 0 Å². The van der Waals surface area contributed by atoms with Gasteiger partial charge in [0.1, 0.15) is 5.78 Å². The summed E-state index contributed by atoms with van der Waals surface area (Å²) in [6.07, 6.45) is 4.24. The topological polar surface area (TPSA) is 20.3 Å². The molecule has 0 saturated carbocycles. The van der Waals surface area contributed by atoms with Gasteiger partial charge in [0, 0.05) is 25.9 Å². The Balaban J connectivity index is 0.000000720. The Morgan fingerprint density at radius 1 is 1.33 bits per heavy atom. The molecule has 0 radical (unpaired) electrons. The fourth-order valence-corrected chi connectivity index (χ4v) is 2.23. The van der Waals surface area contributed by atoms with Crippen LogP contribution in [0.4, 0.5) is 0 Å². The molecule has 2 fully saturated rings. The standard InChI is InChI=1S/C9H15NO.CH4/c11-9-3-5-10-4-1-2-8(6-9)7-10;/h8H,1-7H2;1H4. The molecule has 0 amide bonds. The minimum atomic E-state index is 0. The SMILES string of the molecule is C.O=C1CCN2CCCC(C1)C2. The van der Waals surface area contributed by atoms with Crippen LogP contribution in [0.15, 0.2) is 0 Å². The van der Waals surface area contributed by atoms with Crippen LogP contribution in [0.5, 0.6) is 0 Å². The van der Waals surface area contributed by atoms with Crippen molar-refractivity contribution in [3.05, 3.63) is 0 Å². The number of fused-ring (bicyclic) bond motifs is 2. The Labute approximate surface area is 74.9 Å². The van der Waals surface area contributed by atoms with Gasteiger partial charge in [0.25, 0.3) is 0 Å². The highest BCUT2D eigenvalue weighted by atomic mass is 16.1. The summed E-state index contributed by atoms with van der Waals surface area (Å²) in [5.74, 6) is 1.18. The van der Waals surface area contributed by atoms with Gasteiger partial charge in [0.2, 0.25) is 0 Å². The largest absolute Gasteiger partial charge is 0.303 e. The molecule has 2 heterocycles. The van der Waals surface area contributed by atoms with Gasteiger partial charge in [0.05, 0.1) is 0 Å². The Kier molecular flexibility index (Phi) is 3.27. The fraction of sp³-hybridized carbons (Fsp3) is 0.900. The molecule has 12 heavy (non-hydrogen) atoms. The predicted octanol–water partition coefficient (Wildman–Crippen LogP) is 1.70. The highest BCUT2D eigenvalue weighted by Crippen LogP contribution is 2.23. The number of rotatable bonds is 0. The number of piperidine rings is 1. The number of carbonyl (C=O) groups excluding carboxylic acids is 1. The first kappa shape index (κ1) is 9.72. The van der Waals surface area contributed by atoms with Crippen molar-refractivity contribution in [2.24, 2.45) is 5.92 Å². The van der Waals surface area contributed by atoms with Gasteiger partial charge in [-0.2, -0.15) is 0 Å². The van der Waals surface area contributed by atoms with Gasteiger partial charge in [-0.15, -0.1) is 0 Å². The lowest BCUT2D eigenvalue weighted by molar-refractivity contribution is -0.119. The maximum Gasteiger partial charge on any atom is 0.134 e. The molecular weight excluding hydrogens is 150 g/mol. The summed E-state index contributed by atoms with van der Waals surface area (Å²) in [7, 11) is 0. The summed E-state index contributed by atoms with van der Waals surface area (Å²) in [4.78, 5) is 13.6. The summed E-state index contributed by atoms with van der Waals surface area (Å²) in [6, 6.07) is 0. The molecule has 2 saturated heterocycles. The quantitative estimate of drug-likeness (QED) is 0.550. The molecule has 2 bridgehead atoms. The van der Waals surface area contributed by atoms with E-state index in [0.29, 0.717) is 11.7 Å². The summed E-state index contributed by atoms with van der Waals surface area (Å²) >= 11 is 0. The number of carbonyl (C=O) groups is 1. The van der Waals surface area contributed by atoms with E-state index in [1.165, 1.54) is 25.9 Å². The monoisotopic (exact) mass is 169 g/mol. The van der Waals surface area contributed by atoms with Crippen molar-refractivity contribution in [2.45, 2.75) is 33.1 Å². The summed E-state index contributed by atoms with van der Waals surface area (Å²) in [5, 5.41) is 0. The van der Waals surface area contributed by atoms with Gasteiger partial charge in [-0.25, -0.2) is 0 Å². The average Bonchev–Trinajstić information content (AvgIpc) is 2.12. The molecule has 2 atom stereocenters. The van der Waals surface area contributed by atoms with E-state index < -0.39 is 0 Å². The molecule has 0 aromatic carbocycles. The smallest absolute Gasteiger partial charge is 0.134 e. The Bertz CT molecular complexity index is 167. The van der Waals surface area contributed by atoms with Crippen molar-refractivity contribution in [2.75, 3.05) is 19.6 Å². The van der Waals surface area contributed by atoms with Crippen molar-refractivity contribution >= 4 is 5.78 Å². The normalized spacial score (nSPS) is 35.2. The Hall–Kier alpha value is -0.370. The first-order chi connectivity index (χ1) is 5.34. The highest BCUT2D eigenvalue weighted by molar-refractivity contribution is 5.79. The molecule has 2 unspecified atom stereocenters. The third-order valence-corrected chi connectivity index (χ3v) is 2.83. The average molecular weight is 169 g/mol. The molecule has 0 spiro atoms. The number of hydrogen-bond donors (Lipinski definition) is 0. The molecule has 2 heteroatoms. The summed E-state index contributed by atoms with van der Waals surface area (Å²) in [6.45, 7) is 3.44. The zero-order valence-corrected chi connectivity index (χ0v) is 6.88. The van der Waals surface area contributed by atoms with Crippen molar-refractivity contribution in [1.29, 1.82) is 0 Å². The highest BCUT2D eigenvalue weighted by Gasteiger charge is 2.25. The molecule has 2 aliphatic heterocycles. The van der Waals surface area contributed by atoms with E-state index in [2.05, 4.69) is 4.90 Å². The lowest BCUT2D eigenvalue weighted by Crippen LogP contribution is -2.33. The van der Waals surface area contributed by atoms with Gasteiger partial charge < -0.3 is 4.90 Å². The minimum absolute atomic E-state index is 0. The third-order valence-electron chi connectivity index (χ3n) is 2.83. The van der Waals surface area contributed by atoms with Crippen LogP contribution in [0.3, 0.4) is 0 Å². The van der Waals surface area contributed by atoms with E-state index in [1.54, 1.807) is 0 Å². The van der Waals surface area contributed by atoms with Crippen LogP contribution in [-0.4, -0.2) is 30.3 Å². The van der Waals surface area contributed by atoms with Gasteiger partial charge in [-0.05, 0) is 25.3 Å². The van der Waals surface area contributed by atoms with Crippen molar-refractivity contribution in [3.8, 4) is 0 Å². The number of nitrogens with zero attached hydrogens (tertiary/aromatic N) is 1. The zero-order valence-electron chi connectivity index (χ0n) is 6.88. The van der Waals surface area contributed by atoms with E-state index in [0.717, 1.165) is 19.4 Å². The Morgan fingerprint density at radius 3 is 3.00 bits per heavy atom. The fourth-order valence-electron chi connectivity index (χ4n) is 2.23. The van der Waals surface area contributed by atoms with Gasteiger partial charge in [-0.1, -0.05) is 7.43 Å². The molecule has 2 aliphatic rings. The predicted molar refractivity (Wildman–Crippen MR) is 50.1 cm³/mol. The second-order valence-corrected chi connectivity index (χ2v) is 3.80. The van der Waals surface area contributed by atoms with Crippen LogP contribution >= 0.6 is 0 Å². The molecule has 0 aliphatic carbocycles. The van der Waals surface area contributed by atoms with Crippen LogP contribution in [0, 0.1) is 5.92 Å². The second-order valence-electron chi connectivity index (χ2n) is 3.80. The van der Waals surface area contributed by atoms with Crippen molar-refractivity contribution in [1.82, 2.24) is 4.90 Å². The zero-order chi connectivity index (χ0) is 7.68. The number of ketones is 1. The summed E-state index contributed by atoms with van der Waals surface area (Å²) < 4.78 is 0. The van der Waals surface area contributed by atoms with E-state index in [9.17, 15) is 4.79 Å². The number of Topliss-reactive ketones (excluding diaryl/α,β-unsaturated/α-hetero) is 1. The van der Waals surface area contributed by atoms with Crippen LogP contribution in [-0.2, 0) is 4.79 Å². The van der Waals surface area contributed by atoms with Gasteiger partial charge >= 0.3 is 0 Å². The van der Waals surface area contributed by atoms with E-state index >= 15 is 0 Å². The molecular formula is C10H19NO. The van der Waals surface area contributed by atoms with Crippen molar-refractivity contribution in [3.63, 3.8) is 0 Å². The molecule has 2 nitrogen and oxygen atoms in total. The molecule has 0 aromatic heterocycles. The minimum Gasteiger partial charge on any atom is -0.303 e. The van der Waals surface area contributed by atoms with Crippen LogP contribution in [0.25, 0.3) is 0 Å². The maximum atomic E-state index is 11.2. The van der Waals surface area contributed by atoms with E-state index in [1.807, 2.05) is 0 Å². The maximum absolute atomic E-state index is 11.2. The second kappa shape index (κ2) is 4.04. The lowest BCUT2D eigenvalue weighted by Gasteiger charge is -2.28. The van der Waals surface area contributed by atoms with Crippen LogP contribution < -0.4 is 0 Å². The van der Waals surface area contributed by atoms with E-state index in [-0.39, 0.29) is 7.43 Å². The number of hydrogen-bond acceptors (Lipinski definition) is 2. The van der Waals surface area contributed by atoms with E-state index in [4.69, 9.17) is 0 Å². The van der Waals surface area contributed by atoms with Crippen LogP contribution in [0.2, 0.25) is 0 Å². The Morgan fingerprint density at radius 2 is 2.17 bits per heavy atom.